The van der Waals surface area contributed by atoms with E-state index in [0.29, 0.717) is 5.56 Å². The van der Waals surface area contributed by atoms with Crippen LogP contribution < -0.4 is 5.72 Å². The zero-order valence-electron chi connectivity index (χ0n) is 16.0. The molecule has 2 N–H and O–H groups in total. The van der Waals surface area contributed by atoms with E-state index in [4.69, 9.17) is 11.7 Å². The normalized spacial score (nSPS) is 18.4. The Hall–Kier alpha value is -3.01. The molecule has 0 radical (unpaired) electrons. The Balaban J connectivity index is 1.85. The Kier molecular flexibility index (Phi) is 4.40. The molecule has 0 aromatic heterocycles. The molecule has 6 nitrogen and oxygen atoms in total. The molecule has 0 saturated carbocycles. The molecular weight excluding hydrogens is 399 g/mol. The van der Waals surface area contributed by atoms with Gasteiger partial charge in [-0.25, -0.2) is 0 Å². The largest absolute Gasteiger partial charge is 0.460 e. The standard InChI is InChI=1S/C18H14F3NO5S/c19-18(20,21)13-8-6-12(7-9-13)15-14(23)16(17(22)26-15)27-28(24,25)10-11-4-2-1-3-5-11/h1-9,15H,10,22H2/i/hD2. The molecule has 1 aliphatic rings. The van der Waals surface area contributed by atoms with E-state index < -0.39 is 51.1 Å². The average molecular weight is 415 g/mol. The number of nitrogens with two attached hydrogens (primary N) is 1. The van der Waals surface area contributed by atoms with Crippen LogP contribution in [0.15, 0.2) is 66.2 Å². The van der Waals surface area contributed by atoms with Crippen LogP contribution in [-0.2, 0) is 35.8 Å². The maximum absolute atomic E-state index is 12.7. The zero-order valence-corrected chi connectivity index (χ0v) is 14.8. The smallest absolute Gasteiger partial charge is 0.416 e. The van der Waals surface area contributed by atoms with E-state index >= 15 is 0 Å². The molecule has 2 aromatic carbocycles. The summed E-state index contributed by atoms with van der Waals surface area (Å²) in [4.78, 5) is 12.6. The molecular formula is C18H14F3NO5S. The number of ketones is 1. The quantitative estimate of drug-likeness (QED) is 0.729. The van der Waals surface area contributed by atoms with Crippen molar-refractivity contribution in [2.24, 2.45) is 5.72 Å². The average Bonchev–Trinajstić information content (AvgIpc) is 2.98. The van der Waals surface area contributed by atoms with E-state index in [9.17, 15) is 26.4 Å². The third-order valence-electron chi connectivity index (χ3n) is 3.82. The van der Waals surface area contributed by atoms with Crippen molar-refractivity contribution in [2.45, 2.75) is 18.0 Å². The lowest BCUT2D eigenvalue weighted by molar-refractivity contribution is -0.137. The molecule has 3 rings (SSSR count). The lowest BCUT2D eigenvalue weighted by Gasteiger charge is -2.12. The van der Waals surface area contributed by atoms with Gasteiger partial charge in [0.2, 0.25) is 17.4 Å². The number of hydrogen-bond acceptors (Lipinski definition) is 6. The van der Waals surface area contributed by atoms with Crippen molar-refractivity contribution in [1.29, 1.82) is 0 Å². The predicted molar refractivity (Wildman–Crippen MR) is 91.6 cm³/mol. The highest BCUT2D eigenvalue weighted by atomic mass is 32.2. The van der Waals surface area contributed by atoms with E-state index in [1.165, 1.54) is 12.1 Å². The van der Waals surface area contributed by atoms with Crippen molar-refractivity contribution in [1.82, 2.24) is 0 Å². The summed E-state index contributed by atoms with van der Waals surface area (Å²) in [7, 11) is -4.35. The Bertz CT molecular complexity index is 1070. The maximum atomic E-state index is 12.7. The SMILES string of the molecule is [2H]N([2H])C1=C(OS(=O)(=O)Cc2ccccc2)C(=O)C(c2ccc(C(F)(F)F)cc2)O1. The van der Waals surface area contributed by atoms with Crippen molar-refractivity contribution in [3.05, 3.63) is 82.9 Å². The monoisotopic (exact) mass is 415 g/mol. The number of benzene rings is 2. The first-order valence-corrected chi connectivity index (χ1v) is 9.42. The molecule has 0 saturated heterocycles. The third-order valence-corrected chi connectivity index (χ3v) is 4.93. The molecule has 2 aromatic rings. The zero-order chi connectivity index (χ0) is 22.1. The van der Waals surface area contributed by atoms with Gasteiger partial charge in [0, 0.05) is 5.56 Å². The number of rotatable bonds is 6. The fourth-order valence-corrected chi connectivity index (χ4v) is 3.59. The fourth-order valence-electron chi connectivity index (χ4n) is 2.52. The van der Waals surface area contributed by atoms with Crippen LogP contribution in [0.5, 0.6) is 0 Å². The van der Waals surface area contributed by atoms with Crippen molar-refractivity contribution in [2.75, 3.05) is 0 Å². The van der Waals surface area contributed by atoms with E-state index in [0.717, 1.165) is 24.3 Å². The number of ether oxygens (including phenoxy) is 1. The van der Waals surface area contributed by atoms with Crippen molar-refractivity contribution in [3.63, 3.8) is 0 Å². The maximum Gasteiger partial charge on any atom is 0.416 e. The van der Waals surface area contributed by atoms with Gasteiger partial charge in [0.25, 0.3) is 0 Å². The van der Waals surface area contributed by atoms with Gasteiger partial charge in [-0.3, -0.25) is 4.79 Å². The minimum absolute atomic E-state index is 0.0218. The van der Waals surface area contributed by atoms with Gasteiger partial charge in [-0.2, -0.15) is 21.6 Å². The Morgan fingerprint density at radius 2 is 1.75 bits per heavy atom. The van der Waals surface area contributed by atoms with E-state index in [-0.39, 0.29) is 11.3 Å². The highest BCUT2D eigenvalue weighted by Gasteiger charge is 2.40. The van der Waals surface area contributed by atoms with Crippen LogP contribution in [0, 0.1) is 0 Å². The van der Waals surface area contributed by atoms with Crippen molar-refractivity contribution in [3.8, 4) is 0 Å². The second-order valence-corrected chi connectivity index (χ2v) is 7.46. The summed E-state index contributed by atoms with van der Waals surface area (Å²) in [6.07, 6.45) is -6.14. The highest BCUT2D eigenvalue weighted by molar-refractivity contribution is 7.86. The number of Topliss-reactive ketones (excluding diaryl/α,β-unsaturated/α-hetero) is 1. The van der Waals surface area contributed by atoms with Gasteiger partial charge in [-0.15, -0.1) is 0 Å². The number of alkyl halides is 3. The molecule has 0 amide bonds. The summed E-state index contributed by atoms with van der Waals surface area (Å²) < 4.78 is 87.5. The molecule has 0 aliphatic carbocycles. The lowest BCUT2D eigenvalue weighted by atomic mass is 10.0. The lowest BCUT2D eigenvalue weighted by Crippen LogP contribution is -2.16. The number of carbonyl (C=O) groups excluding carboxylic acids is 1. The summed E-state index contributed by atoms with van der Waals surface area (Å²) in [6.45, 7) is 0. The second-order valence-electron chi connectivity index (χ2n) is 5.89. The van der Waals surface area contributed by atoms with Gasteiger partial charge in [0.15, 0.2) is 8.93 Å². The van der Waals surface area contributed by atoms with Crippen molar-refractivity contribution >= 4 is 15.9 Å². The number of hydrogen-bond donors (Lipinski definition) is 1. The minimum Gasteiger partial charge on any atom is -0.460 e. The van der Waals surface area contributed by atoms with Crippen LogP contribution in [0.1, 0.15) is 22.8 Å². The van der Waals surface area contributed by atoms with Gasteiger partial charge < -0.3 is 14.6 Å². The fraction of sp³-hybridized carbons (Fsp3) is 0.167. The summed E-state index contributed by atoms with van der Waals surface area (Å²) in [5.41, 5.74) is -0.741. The molecule has 28 heavy (non-hydrogen) atoms. The van der Waals surface area contributed by atoms with Crippen molar-refractivity contribution < 1.29 is 38.1 Å². The van der Waals surface area contributed by atoms with Crippen LogP contribution in [0.2, 0.25) is 2.82 Å². The van der Waals surface area contributed by atoms with Gasteiger partial charge in [0.05, 0.1) is 5.56 Å². The summed E-state index contributed by atoms with van der Waals surface area (Å²) >= 11 is 0. The molecule has 0 fully saturated rings. The van der Waals surface area contributed by atoms with Crippen LogP contribution in [0.4, 0.5) is 13.2 Å². The van der Waals surface area contributed by atoms with Gasteiger partial charge >= 0.3 is 16.3 Å². The van der Waals surface area contributed by atoms with Crippen LogP contribution in [0.3, 0.4) is 0 Å². The van der Waals surface area contributed by atoms with Gasteiger partial charge in [-0.1, -0.05) is 42.5 Å². The third kappa shape index (κ3) is 4.28. The Morgan fingerprint density at radius 1 is 1.11 bits per heavy atom. The number of halogens is 3. The first-order valence-electron chi connectivity index (χ1n) is 8.73. The van der Waals surface area contributed by atoms with Crippen LogP contribution >= 0.6 is 0 Å². The van der Waals surface area contributed by atoms with Gasteiger partial charge in [-0.05, 0) is 17.7 Å². The second kappa shape index (κ2) is 7.19. The van der Waals surface area contributed by atoms with Crippen LogP contribution in [-0.4, -0.2) is 14.2 Å². The Labute approximate surface area is 161 Å². The molecule has 1 heterocycles. The molecule has 148 valence electrons. The highest BCUT2D eigenvalue weighted by Crippen LogP contribution is 2.35. The molecule has 1 aliphatic heterocycles. The molecule has 10 heteroatoms. The van der Waals surface area contributed by atoms with E-state index in [1.54, 1.807) is 18.2 Å². The Morgan fingerprint density at radius 3 is 2.32 bits per heavy atom. The molecule has 1 atom stereocenters. The first-order chi connectivity index (χ1) is 14.0. The van der Waals surface area contributed by atoms with E-state index in [1.807, 2.05) is 0 Å². The number of carbonyl (C=O) groups is 1. The first kappa shape index (κ1) is 17.1. The van der Waals surface area contributed by atoms with Gasteiger partial charge in [0.1, 0.15) is 5.75 Å². The summed E-state index contributed by atoms with van der Waals surface area (Å²) in [5, 5.41) is 0. The van der Waals surface area contributed by atoms with E-state index in [2.05, 4.69) is 0 Å². The summed E-state index contributed by atoms with van der Waals surface area (Å²) in [6, 6.07) is 11.4. The molecule has 0 spiro atoms. The predicted octanol–water partition coefficient (Wildman–Crippen LogP) is 3.02. The minimum atomic E-state index is -4.58. The summed E-state index contributed by atoms with van der Waals surface area (Å²) in [5.74, 6) is -3.30. The molecule has 1 unspecified atom stereocenters. The molecule has 0 bridgehead atoms. The van der Waals surface area contributed by atoms with Crippen LogP contribution in [0.25, 0.3) is 0 Å². The topological polar surface area (TPSA) is 95.7 Å².